The quantitative estimate of drug-likeness (QED) is 0.0378. The molecular formula is C52H92N8O19. The highest BCUT2D eigenvalue weighted by Crippen LogP contribution is 2.14. The second-order valence-corrected chi connectivity index (χ2v) is 19.0. The maximum absolute atomic E-state index is 12.5. The van der Waals surface area contributed by atoms with Crippen LogP contribution in [0.2, 0.25) is 0 Å². The Morgan fingerprint density at radius 1 is 0.354 bits per heavy atom. The zero-order valence-corrected chi connectivity index (χ0v) is 46.3. The van der Waals surface area contributed by atoms with E-state index >= 15 is 0 Å². The van der Waals surface area contributed by atoms with Gasteiger partial charge in [0.25, 0.3) is 0 Å². The largest absolute Gasteiger partial charge is 0.481 e. The van der Waals surface area contributed by atoms with Crippen LogP contribution in [-0.2, 0) is 71.7 Å². The van der Waals surface area contributed by atoms with Crippen LogP contribution in [0.1, 0.15) is 161 Å². The normalized spacial score (nSPS) is 12.5. The minimum atomic E-state index is -1.48. The van der Waals surface area contributed by atoms with Gasteiger partial charge in [-0.1, -0.05) is 77.0 Å². The Kier molecular flexibility index (Phi) is 45.3. The lowest BCUT2D eigenvalue weighted by atomic mass is 10.0. The van der Waals surface area contributed by atoms with Gasteiger partial charge in [0.05, 0.1) is 45.7 Å². The van der Waals surface area contributed by atoms with Gasteiger partial charge in [-0.05, 0) is 58.4 Å². The monoisotopic (exact) mass is 1130 g/mol. The Balaban J connectivity index is 3.97. The van der Waals surface area contributed by atoms with E-state index in [9.17, 15) is 68.1 Å². The van der Waals surface area contributed by atoms with Crippen molar-refractivity contribution in [2.75, 3.05) is 79.5 Å². The molecule has 0 rings (SSSR count). The number of carboxylic acid groups (broad SMARTS) is 4. The molecule has 27 nitrogen and oxygen atoms in total. The van der Waals surface area contributed by atoms with Crippen molar-refractivity contribution in [3.8, 4) is 0 Å². The summed E-state index contributed by atoms with van der Waals surface area (Å²) in [4.78, 5) is 130. The number of carbonyl (C=O) groups is 11. The number of rotatable bonds is 55. The maximum atomic E-state index is 12.5. The van der Waals surface area contributed by atoms with Gasteiger partial charge in [-0.25, -0.2) is 14.4 Å². The molecule has 0 aromatic carbocycles. The second-order valence-electron chi connectivity index (χ2n) is 19.0. The number of ether oxygens (including phenoxy) is 4. The standard InChI is InChI=1S/C52H92N8O19/c1-54-38(49(53)69)18-16-17-27-55-42(61)24-21-40(51(72)73)59-45(64)26-23-41(52(74)75)60-47(66)37-79-35-33-77-31-29-57-46(65)36-78-34-32-76-30-28-56-43(62)25-22-39(50(70)71)58-44(63)19-14-12-10-8-6-4-2-3-5-7-9-11-13-15-20-48(67)68/h38-41,54H,2-37H2,1H3,(H2,53,69)(H,55,61)(H,56,62)(H,57,65)(H,58,63)(H,59,64)(H,60,66)(H,67,68)(H,70,71)(H,72,73)(H,74,75)/t38-,39-,40-,41-/m0/s1. The van der Waals surface area contributed by atoms with E-state index in [1.165, 1.54) is 32.1 Å². The fraction of sp³-hybridized carbons (Fsp3) is 0.788. The summed E-state index contributed by atoms with van der Waals surface area (Å²) in [6.45, 7) is 0.271. The molecule has 0 radical (unpaired) electrons. The van der Waals surface area contributed by atoms with Gasteiger partial charge in [-0.3, -0.25) is 38.4 Å². The van der Waals surface area contributed by atoms with Gasteiger partial charge in [0.1, 0.15) is 31.3 Å². The summed E-state index contributed by atoms with van der Waals surface area (Å²) >= 11 is 0. The minimum absolute atomic E-state index is 0.0378. The van der Waals surface area contributed by atoms with Crippen molar-refractivity contribution >= 4 is 65.2 Å². The molecule has 0 bridgehead atoms. The summed E-state index contributed by atoms with van der Waals surface area (Å²) in [5, 5.41) is 54.9. The van der Waals surface area contributed by atoms with Crippen LogP contribution in [0.4, 0.5) is 0 Å². The van der Waals surface area contributed by atoms with Crippen LogP contribution in [0, 0.1) is 0 Å². The molecule has 0 spiro atoms. The van der Waals surface area contributed by atoms with E-state index < -0.39 is 96.5 Å². The number of aliphatic carboxylic acids is 4. The van der Waals surface area contributed by atoms with Crippen LogP contribution in [0.25, 0.3) is 0 Å². The van der Waals surface area contributed by atoms with Crippen molar-refractivity contribution in [1.29, 1.82) is 0 Å². The van der Waals surface area contributed by atoms with Crippen molar-refractivity contribution in [2.24, 2.45) is 5.73 Å². The van der Waals surface area contributed by atoms with E-state index in [1.54, 1.807) is 7.05 Å². The molecule has 7 amide bonds. The van der Waals surface area contributed by atoms with Crippen LogP contribution in [0.15, 0.2) is 0 Å². The van der Waals surface area contributed by atoms with Gasteiger partial charge in [0.15, 0.2) is 0 Å². The Morgan fingerprint density at radius 2 is 0.709 bits per heavy atom. The molecule has 454 valence electrons. The zero-order chi connectivity index (χ0) is 58.9. The molecule has 0 saturated heterocycles. The summed E-state index contributed by atoms with van der Waals surface area (Å²) in [5.74, 6) is -8.45. The maximum Gasteiger partial charge on any atom is 0.326 e. The van der Waals surface area contributed by atoms with Crippen molar-refractivity contribution in [1.82, 2.24) is 37.2 Å². The molecule has 0 saturated carbocycles. The highest BCUT2D eigenvalue weighted by atomic mass is 16.5. The molecule has 0 aliphatic carbocycles. The van der Waals surface area contributed by atoms with E-state index in [0.717, 1.165) is 51.4 Å². The first-order valence-corrected chi connectivity index (χ1v) is 27.7. The highest BCUT2D eigenvalue weighted by Gasteiger charge is 2.25. The number of hydrogen-bond acceptors (Lipinski definition) is 16. The average molecular weight is 1130 g/mol. The molecule has 79 heavy (non-hydrogen) atoms. The lowest BCUT2D eigenvalue weighted by molar-refractivity contribution is -0.144. The minimum Gasteiger partial charge on any atom is -0.481 e. The number of carbonyl (C=O) groups excluding carboxylic acids is 7. The van der Waals surface area contributed by atoms with E-state index in [2.05, 4.69) is 37.2 Å². The average Bonchev–Trinajstić information content (AvgIpc) is 3.39. The summed E-state index contributed by atoms with van der Waals surface area (Å²) < 4.78 is 21.2. The van der Waals surface area contributed by atoms with Gasteiger partial charge in [0, 0.05) is 51.7 Å². The predicted molar refractivity (Wildman–Crippen MR) is 286 cm³/mol. The third-order valence-corrected chi connectivity index (χ3v) is 12.2. The molecule has 0 aromatic rings. The number of nitrogens with two attached hydrogens (primary N) is 1. The van der Waals surface area contributed by atoms with Crippen molar-refractivity contribution in [2.45, 2.75) is 185 Å². The summed E-state index contributed by atoms with van der Waals surface area (Å²) in [7, 11) is 1.61. The third kappa shape index (κ3) is 45.5. The Hall–Kier alpha value is -6.03. The predicted octanol–water partition coefficient (Wildman–Crippen LogP) is 1.02. The van der Waals surface area contributed by atoms with Gasteiger partial charge < -0.3 is 82.3 Å². The van der Waals surface area contributed by atoms with E-state index in [1.807, 2.05) is 0 Å². The number of unbranched alkanes of at least 4 members (excludes halogenated alkanes) is 14. The summed E-state index contributed by atoms with van der Waals surface area (Å²) in [5.41, 5.74) is 5.27. The molecule has 0 aromatic heterocycles. The van der Waals surface area contributed by atoms with Crippen molar-refractivity contribution in [3.05, 3.63) is 0 Å². The zero-order valence-electron chi connectivity index (χ0n) is 46.3. The van der Waals surface area contributed by atoms with Crippen LogP contribution < -0.4 is 43.0 Å². The smallest absolute Gasteiger partial charge is 0.326 e. The lowest BCUT2D eigenvalue weighted by Crippen LogP contribution is -2.45. The van der Waals surface area contributed by atoms with E-state index in [-0.39, 0.29) is 110 Å². The Labute approximate surface area is 463 Å². The SMILES string of the molecule is CN[C@@H](CCCCNC(=O)CC[C@H](NC(=O)CC[C@H](NC(=O)COCCOCCNC(=O)COCCOCCNC(=O)CC[C@H](NC(=O)CCCCCCCCCCCCCCCCC(=O)O)C(=O)O)C(=O)O)C(=O)O)C(N)=O. The number of amides is 7. The Morgan fingerprint density at radius 3 is 1.13 bits per heavy atom. The molecule has 4 atom stereocenters. The summed E-state index contributed by atoms with van der Waals surface area (Å²) in [6.07, 6.45) is 15.5. The number of primary amides is 1. The van der Waals surface area contributed by atoms with E-state index in [4.69, 9.17) is 29.8 Å². The molecule has 0 heterocycles. The number of likely N-dealkylation sites (N-methyl/N-ethyl adjacent to an activating group) is 1. The Bertz CT molecular complexity index is 1790. The van der Waals surface area contributed by atoms with E-state index in [0.29, 0.717) is 32.2 Å². The molecule has 0 fully saturated rings. The van der Waals surface area contributed by atoms with Crippen LogP contribution in [0.3, 0.4) is 0 Å². The first-order chi connectivity index (χ1) is 37.9. The van der Waals surface area contributed by atoms with Crippen LogP contribution in [0.5, 0.6) is 0 Å². The van der Waals surface area contributed by atoms with Gasteiger partial charge in [-0.15, -0.1) is 0 Å². The van der Waals surface area contributed by atoms with Gasteiger partial charge in [0.2, 0.25) is 41.4 Å². The van der Waals surface area contributed by atoms with Crippen molar-refractivity contribution in [3.63, 3.8) is 0 Å². The van der Waals surface area contributed by atoms with Gasteiger partial charge >= 0.3 is 23.9 Å². The fourth-order valence-corrected chi connectivity index (χ4v) is 7.70. The first-order valence-electron chi connectivity index (χ1n) is 27.7. The first kappa shape index (κ1) is 73.0. The topological polar surface area (TPSA) is 416 Å². The number of hydrogen-bond donors (Lipinski definition) is 12. The molecule has 0 unspecified atom stereocenters. The lowest BCUT2D eigenvalue weighted by Gasteiger charge is -2.17. The third-order valence-electron chi connectivity index (χ3n) is 12.2. The number of nitrogens with one attached hydrogen (secondary N) is 7. The molecule has 27 heteroatoms. The van der Waals surface area contributed by atoms with Gasteiger partial charge in [-0.2, -0.15) is 0 Å². The molecular weight excluding hydrogens is 1040 g/mol. The van der Waals surface area contributed by atoms with Crippen LogP contribution in [-0.4, -0.2) is 189 Å². The fourth-order valence-electron chi connectivity index (χ4n) is 7.70. The molecule has 0 aliphatic heterocycles. The van der Waals surface area contributed by atoms with Crippen LogP contribution >= 0.6 is 0 Å². The molecule has 0 aliphatic rings. The van der Waals surface area contributed by atoms with Crippen molar-refractivity contribution < 1.29 is 92.1 Å². The molecule has 13 N–H and O–H groups in total. The number of carboxylic acids is 4. The second kappa shape index (κ2) is 49.0. The highest BCUT2D eigenvalue weighted by molar-refractivity contribution is 5.87. The summed E-state index contributed by atoms with van der Waals surface area (Å²) in [6, 6.07) is -4.57.